The number of nitro benzene ring substituents is 1. The smallest absolute Gasteiger partial charge is 0.278 e. The third-order valence-electron chi connectivity index (χ3n) is 3.31. The van der Waals surface area contributed by atoms with Crippen LogP contribution < -0.4 is 10.7 Å². The Hall–Kier alpha value is -2.97. The number of amides is 2. The van der Waals surface area contributed by atoms with E-state index in [0.717, 1.165) is 0 Å². The maximum absolute atomic E-state index is 11.9. The third kappa shape index (κ3) is 6.36. The Morgan fingerprint density at radius 3 is 2.52 bits per heavy atom. The van der Waals surface area contributed by atoms with Crippen molar-refractivity contribution in [2.75, 3.05) is 5.32 Å². The number of hydrazone groups is 1. The fourth-order valence-corrected chi connectivity index (χ4v) is 2.48. The summed E-state index contributed by atoms with van der Waals surface area (Å²) in [5.41, 5.74) is 2.73. The van der Waals surface area contributed by atoms with Gasteiger partial charge in [-0.1, -0.05) is 35.3 Å². The Morgan fingerprint density at radius 2 is 1.81 bits per heavy atom. The summed E-state index contributed by atoms with van der Waals surface area (Å²) in [6, 6.07) is 10.6. The minimum absolute atomic E-state index is 0.0915. The number of anilines is 1. The van der Waals surface area contributed by atoms with Gasteiger partial charge in [0.2, 0.25) is 11.8 Å². The molecule has 0 fully saturated rings. The van der Waals surface area contributed by atoms with E-state index in [4.69, 9.17) is 23.2 Å². The number of halogens is 2. The zero-order valence-electron chi connectivity index (χ0n) is 13.8. The highest BCUT2D eigenvalue weighted by Crippen LogP contribution is 2.25. The number of nitrogens with zero attached hydrogens (tertiary/aromatic N) is 2. The Kier molecular flexibility index (Phi) is 7.27. The minimum Gasteiger partial charge on any atom is -0.325 e. The van der Waals surface area contributed by atoms with Crippen molar-refractivity contribution in [3.8, 4) is 0 Å². The summed E-state index contributed by atoms with van der Waals surface area (Å²) in [5, 5.41) is 17.9. The van der Waals surface area contributed by atoms with Crippen molar-refractivity contribution in [1.29, 1.82) is 0 Å². The molecule has 0 atom stereocenters. The molecule has 27 heavy (non-hydrogen) atoms. The van der Waals surface area contributed by atoms with Crippen molar-refractivity contribution in [2.45, 2.75) is 12.8 Å². The van der Waals surface area contributed by atoms with Gasteiger partial charge in [-0.15, -0.1) is 0 Å². The van der Waals surface area contributed by atoms with Crippen LogP contribution in [0.3, 0.4) is 0 Å². The van der Waals surface area contributed by atoms with Crippen molar-refractivity contribution >= 4 is 52.6 Å². The van der Waals surface area contributed by atoms with Crippen LogP contribution in [0.15, 0.2) is 47.6 Å². The predicted octanol–water partition coefficient (Wildman–Crippen LogP) is 3.77. The molecule has 2 aromatic rings. The summed E-state index contributed by atoms with van der Waals surface area (Å²) in [6.07, 6.45) is 0.959. The van der Waals surface area contributed by atoms with Crippen LogP contribution in [-0.4, -0.2) is 23.0 Å². The number of rotatable bonds is 7. The van der Waals surface area contributed by atoms with Gasteiger partial charge in [-0.2, -0.15) is 5.10 Å². The van der Waals surface area contributed by atoms with Gasteiger partial charge in [0.05, 0.1) is 27.4 Å². The molecule has 0 saturated heterocycles. The van der Waals surface area contributed by atoms with E-state index >= 15 is 0 Å². The maximum atomic E-state index is 11.9. The van der Waals surface area contributed by atoms with E-state index in [-0.39, 0.29) is 29.1 Å². The molecule has 2 rings (SSSR count). The Balaban J connectivity index is 1.82. The fraction of sp³-hybridized carbons (Fsp3) is 0.118. The molecule has 2 aromatic carbocycles. The molecular formula is C17H14Cl2N4O4. The number of nitrogens with one attached hydrogen (secondary N) is 2. The molecule has 0 bridgehead atoms. The van der Waals surface area contributed by atoms with Crippen LogP contribution in [0.2, 0.25) is 10.0 Å². The Labute approximate surface area is 164 Å². The van der Waals surface area contributed by atoms with Gasteiger partial charge >= 0.3 is 0 Å². The summed E-state index contributed by atoms with van der Waals surface area (Å²) >= 11 is 11.7. The Bertz CT molecular complexity index is 902. The van der Waals surface area contributed by atoms with Gasteiger partial charge in [0.1, 0.15) is 0 Å². The molecule has 0 spiro atoms. The summed E-state index contributed by atoms with van der Waals surface area (Å²) in [5.74, 6) is -0.917. The minimum atomic E-state index is -0.546. The molecule has 0 aliphatic heterocycles. The van der Waals surface area contributed by atoms with Crippen LogP contribution in [0.25, 0.3) is 0 Å². The largest absolute Gasteiger partial charge is 0.325 e. The molecule has 0 aliphatic rings. The molecule has 0 unspecified atom stereocenters. The quantitative estimate of drug-likeness (QED) is 0.412. The van der Waals surface area contributed by atoms with Gasteiger partial charge in [0.25, 0.3) is 5.69 Å². The standard InChI is InChI=1S/C17H14Cl2N4O4/c18-12-5-6-14(13(19)9-12)21-16(24)7-8-17(25)22-20-10-11-3-1-2-4-15(11)23(26)27/h1-6,9-10H,7-8H2,(H,21,24)(H,22,25)/b20-10+. The lowest BCUT2D eigenvalue weighted by molar-refractivity contribution is -0.385. The van der Waals surface area contributed by atoms with Crippen LogP contribution in [0, 0.1) is 10.1 Å². The highest BCUT2D eigenvalue weighted by atomic mass is 35.5. The van der Waals surface area contributed by atoms with E-state index in [1.165, 1.54) is 30.5 Å². The lowest BCUT2D eigenvalue weighted by atomic mass is 10.2. The Morgan fingerprint density at radius 1 is 1.11 bits per heavy atom. The fourth-order valence-electron chi connectivity index (χ4n) is 2.02. The zero-order valence-corrected chi connectivity index (χ0v) is 15.3. The van der Waals surface area contributed by atoms with Crippen LogP contribution >= 0.6 is 23.2 Å². The van der Waals surface area contributed by atoms with E-state index in [2.05, 4.69) is 15.8 Å². The summed E-state index contributed by atoms with van der Waals surface area (Å²) in [7, 11) is 0. The zero-order chi connectivity index (χ0) is 19.8. The molecule has 0 heterocycles. The maximum Gasteiger partial charge on any atom is 0.278 e. The molecule has 0 saturated carbocycles. The molecule has 0 aromatic heterocycles. The first-order valence-electron chi connectivity index (χ1n) is 7.67. The van der Waals surface area contributed by atoms with Gasteiger partial charge in [0.15, 0.2) is 0 Å². The molecule has 8 nitrogen and oxygen atoms in total. The molecule has 2 amide bonds. The number of hydrogen-bond acceptors (Lipinski definition) is 5. The molecule has 140 valence electrons. The number of nitro groups is 1. The van der Waals surface area contributed by atoms with E-state index in [0.29, 0.717) is 10.7 Å². The van der Waals surface area contributed by atoms with Crippen LogP contribution in [0.5, 0.6) is 0 Å². The lowest BCUT2D eigenvalue weighted by Crippen LogP contribution is -2.20. The first kappa shape index (κ1) is 20.3. The number of carbonyl (C=O) groups is 2. The summed E-state index contributed by atoms with van der Waals surface area (Å²) in [4.78, 5) is 33.9. The predicted molar refractivity (Wildman–Crippen MR) is 103 cm³/mol. The monoisotopic (exact) mass is 408 g/mol. The second kappa shape index (κ2) is 9.65. The van der Waals surface area contributed by atoms with Gasteiger partial charge in [-0.25, -0.2) is 5.43 Å². The van der Waals surface area contributed by atoms with E-state index in [1.807, 2.05) is 0 Å². The average Bonchev–Trinajstić information content (AvgIpc) is 2.62. The van der Waals surface area contributed by atoms with E-state index in [1.54, 1.807) is 18.2 Å². The summed E-state index contributed by atoms with van der Waals surface area (Å²) in [6.45, 7) is 0. The number of benzene rings is 2. The van der Waals surface area contributed by atoms with Gasteiger partial charge in [0, 0.05) is 23.9 Å². The average molecular weight is 409 g/mol. The topological polar surface area (TPSA) is 114 Å². The number of hydrogen-bond donors (Lipinski definition) is 2. The van der Waals surface area contributed by atoms with Crippen molar-refractivity contribution in [2.24, 2.45) is 5.10 Å². The molecular weight excluding hydrogens is 395 g/mol. The normalized spacial score (nSPS) is 10.6. The number of carbonyl (C=O) groups excluding carboxylic acids is 2. The lowest BCUT2D eigenvalue weighted by Gasteiger charge is -2.07. The van der Waals surface area contributed by atoms with Crippen molar-refractivity contribution in [1.82, 2.24) is 5.43 Å². The second-order valence-electron chi connectivity index (χ2n) is 5.28. The van der Waals surface area contributed by atoms with Crippen molar-refractivity contribution in [3.05, 3.63) is 68.2 Å². The highest BCUT2D eigenvalue weighted by molar-refractivity contribution is 6.36. The van der Waals surface area contributed by atoms with E-state index < -0.39 is 16.7 Å². The van der Waals surface area contributed by atoms with Crippen molar-refractivity contribution < 1.29 is 14.5 Å². The van der Waals surface area contributed by atoms with Gasteiger partial charge < -0.3 is 5.32 Å². The number of para-hydroxylation sites is 1. The van der Waals surface area contributed by atoms with Crippen LogP contribution in [0.4, 0.5) is 11.4 Å². The van der Waals surface area contributed by atoms with Gasteiger partial charge in [-0.3, -0.25) is 19.7 Å². The molecule has 0 aliphatic carbocycles. The van der Waals surface area contributed by atoms with Crippen LogP contribution in [0.1, 0.15) is 18.4 Å². The molecule has 10 heteroatoms. The second-order valence-corrected chi connectivity index (χ2v) is 6.13. The first-order chi connectivity index (χ1) is 12.9. The van der Waals surface area contributed by atoms with Gasteiger partial charge in [-0.05, 0) is 24.3 Å². The highest BCUT2D eigenvalue weighted by Gasteiger charge is 2.11. The molecule has 2 N–H and O–H groups in total. The van der Waals surface area contributed by atoms with Crippen molar-refractivity contribution in [3.63, 3.8) is 0 Å². The first-order valence-corrected chi connectivity index (χ1v) is 8.42. The third-order valence-corrected chi connectivity index (χ3v) is 3.86. The van der Waals surface area contributed by atoms with E-state index in [9.17, 15) is 19.7 Å². The SMILES string of the molecule is O=C(CCC(=O)Nc1ccc(Cl)cc1Cl)N/N=C/c1ccccc1[N+](=O)[O-]. The molecule has 0 radical (unpaired) electrons. The van der Waals surface area contributed by atoms with Crippen LogP contribution in [-0.2, 0) is 9.59 Å². The summed E-state index contributed by atoms with van der Waals surface area (Å²) < 4.78 is 0.